The number of nitrogens with one attached hydrogen (secondary N) is 1. The third-order valence-corrected chi connectivity index (χ3v) is 2.29. The monoisotopic (exact) mass is 261 g/mol. The number of quaternary nitrogens is 1. The van der Waals surface area contributed by atoms with E-state index in [9.17, 15) is 10.0 Å². The highest BCUT2D eigenvalue weighted by Gasteiger charge is 2.33. The van der Waals surface area contributed by atoms with Gasteiger partial charge in [0.2, 0.25) is 3.79 Å². The molecule has 0 aromatic rings. The molecule has 14 heavy (non-hydrogen) atoms. The molecule has 0 aromatic carbocycles. The van der Waals surface area contributed by atoms with Gasteiger partial charge in [-0.25, -0.2) is 4.79 Å². The van der Waals surface area contributed by atoms with Gasteiger partial charge in [0.1, 0.15) is 6.61 Å². The van der Waals surface area contributed by atoms with Crippen molar-refractivity contribution in [2.24, 2.45) is 0 Å². The Balaban J connectivity index is 2.35. The fourth-order valence-electron chi connectivity index (χ4n) is 1.32. The lowest BCUT2D eigenvalue weighted by Gasteiger charge is -2.23. The van der Waals surface area contributed by atoms with E-state index in [2.05, 4.69) is 0 Å². The van der Waals surface area contributed by atoms with Crippen LogP contribution < -0.4 is 5.06 Å². The number of halogens is 3. The van der Waals surface area contributed by atoms with Crippen molar-refractivity contribution in [1.82, 2.24) is 0 Å². The molecule has 1 fully saturated rings. The summed E-state index contributed by atoms with van der Waals surface area (Å²) in [5.41, 5.74) is 0. The molecule has 1 heterocycles. The van der Waals surface area contributed by atoms with Crippen molar-refractivity contribution in [3.63, 3.8) is 0 Å². The van der Waals surface area contributed by atoms with E-state index in [4.69, 9.17) is 39.5 Å². The molecule has 82 valence electrons. The minimum atomic E-state index is -1.61. The van der Waals surface area contributed by atoms with Crippen molar-refractivity contribution in [3.05, 3.63) is 5.21 Å². The van der Waals surface area contributed by atoms with Crippen LogP contribution in [0.1, 0.15) is 12.8 Å². The number of hydroxylamine groups is 2. The summed E-state index contributed by atoms with van der Waals surface area (Å²) in [6, 6.07) is -0.651. The number of rotatable bonds is 2. The highest BCUT2D eigenvalue weighted by Crippen LogP contribution is 2.26. The molecule has 2 unspecified atom stereocenters. The highest BCUT2D eigenvalue weighted by atomic mass is 35.6. The molecule has 1 rings (SSSR count). The summed E-state index contributed by atoms with van der Waals surface area (Å²) in [5, 5.41) is 11.1. The summed E-state index contributed by atoms with van der Waals surface area (Å²) in [6.07, 6.45) is 1.27. The van der Waals surface area contributed by atoms with Gasteiger partial charge in [0.05, 0.1) is 6.54 Å². The van der Waals surface area contributed by atoms with Crippen LogP contribution in [0.25, 0.3) is 0 Å². The van der Waals surface area contributed by atoms with E-state index in [1.807, 2.05) is 0 Å². The molecule has 0 spiro atoms. The third-order valence-electron chi connectivity index (χ3n) is 1.97. The Morgan fingerprint density at radius 2 is 2.21 bits per heavy atom. The first-order chi connectivity index (χ1) is 6.40. The number of carbonyl (C=O) groups excluding carboxylic acids is 1. The SMILES string of the molecule is O=C(OCC(Cl)(Cl)Cl)C1CCC[NH+]1[O-]. The number of carbonyl (C=O) groups is 1. The number of hydrogen-bond acceptors (Lipinski definition) is 3. The Hall–Kier alpha value is 0.260. The summed E-state index contributed by atoms with van der Waals surface area (Å²) < 4.78 is 3.09. The van der Waals surface area contributed by atoms with E-state index >= 15 is 0 Å². The van der Waals surface area contributed by atoms with Crippen LogP contribution in [0.2, 0.25) is 0 Å². The zero-order valence-electron chi connectivity index (χ0n) is 7.26. The summed E-state index contributed by atoms with van der Waals surface area (Å²) >= 11 is 16.2. The van der Waals surface area contributed by atoms with Gasteiger partial charge in [0, 0.05) is 12.8 Å². The predicted molar refractivity (Wildman–Crippen MR) is 53.5 cm³/mol. The van der Waals surface area contributed by atoms with Gasteiger partial charge in [0.25, 0.3) is 0 Å². The summed E-state index contributed by atoms with van der Waals surface area (Å²) in [4.78, 5) is 11.3. The fourth-order valence-corrected chi connectivity index (χ4v) is 1.48. The molecule has 0 aliphatic carbocycles. The smallest absolute Gasteiger partial charge is 0.365 e. The van der Waals surface area contributed by atoms with Crippen molar-refractivity contribution < 1.29 is 14.6 Å². The Morgan fingerprint density at radius 1 is 1.57 bits per heavy atom. The van der Waals surface area contributed by atoms with Crippen LogP contribution in [0.5, 0.6) is 0 Å². The first kappa shape index (κ1) is 12.3. The quantitative estimate of drug-likeness (QED) is 0.446. The van der Waals surface area contributed by atoms with Gasteiger partial charge in [-0.1, -0.05) is 34.8 Å². The van der Waals surface area contributed by atoms with Crippen molar-refractivity contribution in [2.75, 3.05) is 13.2 Å². The molecular formula is C7H10Cl3NO3. The van der Waals surface area contributed by atoms with Crippen LogP contribution in [0.4, 0.5) is 0 Å². The number of esters is 1. The van der Waals surface area contributed by atoms with Gasteiger partial charge < -0.3 is 15.0 Å². The first-order valence-electron chi connectivity index (χ1n) is 4.16. The molecular weight excluding hydrogens is 252 g/mol. The summed E-state index contributed by atoms with van der Waals surface area (Å²) in [5.74, 6) is -0.584. The van der Waals surface area contributed by atoms with Gasteiger partial charge in [-0.3, -0.25) is 0 Å². The van der Waals surface area contributed by atoms with Gasteiger partial charge >= 0.3 is 5.97 Å². The van der Waals surface area contributed by atoms with Crippen molar-refractivity contribution >= 4 is 40.8 Å². The molecule has 1 aliphatic rings. The Labute approximate surface area is 96.6 Å². The topological polar surface area (TPSA) is 53.8 Å². The second-order valence-electron chi connectivity index (χ2n) is 3.13. The maximum atomic E-state index is 11.3. The molecule has 0 bridgehead atoms. The molecule has 0 aromatic heterocycles. The average Bonchev–Trinajstić information content (AvgIpc) is 2.46. The second kappa shape index (κ2) is 4.86. The maximum Gasteiger partial charge on any atom is 0.365 e. The van der Waals surface area contributed by atoms with Gasteiger partial charge in [-0.2, -0.15) is 0 Å². The van der Waals surface area contributed by atoms with E-state index < -0.39 is 15.8 Å². The van der Waals surface area contributed by atoms with Crippen LogP contribution >= 0.6 is 34.8 Å². The average molecular weight is 263 g/mol. The van der Waals surface area contributed by atoms with Crippen molar-refractivity contribution in [1.29, 1.82) is 0 Å². The Kier molecular flexibility index (Phi) is 4.28. The van der Waals surface area contributed by atoms with Gasteiger partial charge in [-0.15, -0.1) is 0 Å². The molecule has 7 heteroatoms. The Bertz CT molecular complexity index is 219. The van der Waals surface area contributed by atoms with Crippen molar-refractivity contribution in [3.8, 4) is 0 Å². The lowest BCUT2D eigenvalue weighted by molar-refractivity contribution is -0.851. The molecule has 0 radical (unpaired) electrons. The van der Waals surface area contributed by atoms with Crippen molar-refractivity contribution in [2.45, 2.75) is 22.7 Å². The van der Waals surface area contributed by atoms with Gasteiger partial charge in [0.15, 0.2) is 6.04 Å². The van der Waals surface area contributed by atoms with E-state index in [0.717, 1.165) is 6.42 Å². The maximum absolute atomic E-state index is 11.3. The zero-order chi connectivity index (χ0) is 10.8. The van der Waals surface area contributed by atoms with E-state index in [-0.39, 0.29) is 11.7 Å². The van der Waals surface area contributed by atoms with Crippen LogP contribution in [-0.4, -0.2) is 29.0 Å². The second-order valence-corrected chi connectivity index (χ2v) is 5.65. The minimum Gasteiger partial charge on any atom is -0.634 e. The lowest BCUT2D eigenvalue weighted by atomic mass is 10.2. The first-order valence-corrected chi connectivity index (χ1v) is 5.29. The molecule has 0 saturated carbocycles. The van der Waals surface area contributed by atoms with E-state index in [1.54, 1.807) is 0 Å². The largest absolute Gasteiger partial charge is 0.634 e. The van der Waals surface area contributed by atoms with E-state index in [0.29, 0.717) is 13.0 Å². The van der Waals surface area contributed by atoms with Crippen LogP contribution in [-0.2, 0) is 9.53 Å². The number of alkyl halides is 3. The van der Waals surface area contributed by atoms with Crippen LogP contribution in [0.3, 0.4) is 0 Å². The van der Waals surface area contributed by atoms with Crippen LogP contribution in [0, 0.1) is 5.21 Å². The highest BCUT2D eigenvalue weighted by molar-refractivity contribution is 6.67. The molecule has 1 aliphatic heterocycles. The molecule has 1 N–H and O–H groups in total. The molecule has 2 atom stereocenters. The predicted octanol–water partition coefficient (Wildman–Crippen LogP) is 0.445. The number of hydrogen-bond donors (Lipinski definition) is 1. The van der Waals surface area contributed by atoms with Gasteiger partial charge in [-0.05, 0) is 0 Å². The molecule has 4 nitrogen and oxygen atoms in total. The summed E-state index contributed by atoms with van der Waals surface area (Å²) in [6.45, 7) is 0.119. The fraction of sp³-hybridized carbons (Fsp3) is 0.857. The molecule has 1 saturated heterocycles. The Morgan fingerprint density at radius 3 is 2.64 bits per heavy atom. The lowest BCUT2D eigenvalue weighted by Crippen LogP contribution is -3.10. The van der Waals surface area contributed by atoms with E-state index in [1.165, 1.54) is 0 Å². The molecule has 0 amide bonds. The standard InChI is InChI=1S/C7H10Cl3NO3/c8-7(9,10)4-14-6(12)5-2-1-3-11(5)13/h5,11H,1-4H2. The van der Waals surface area contributed by atoms with Crippen LogP contribution in [0.15, 0.2) is 0 Å². The minimum absolute atomic E-state index is 0.0840. The third kappa shape index (κ3) is 3.79. The zero-order valence-corrected chi connectivity index (χ0v) is 9.53. The number of ether oxygens (including phenoxy) is 1. The normalized spacial score (nSPS) is 27.7. The summed E-state index contributed by atoms with van der Waals surface area (Å²) in [7, 11) is 0.